The van der Waals surface area contributed by atoms with Crippen LogP contribution in [-0.4, -0.2) is 25.7 Å². The van der Waals surface area contributed by atoms with Crippen molar-refractivity contribution in [3.63, 3.8) is 0 Å². The lowest BCUT2D eigenvalue weighted by Gasteiger charge is -2.08. The SMILES string of the molecule is CCCCOC(=O)CNc1cccc(OCC)c1. The molecular formula is C14H21NO3. The molecule has 4 heteroatoms. The minimum absolute atomic E-state index is 0.180. The highest BCUT2D eigenvalue weighted by molar-refractivity contribution is 5.75. The van der Waals surface area contributed by atoms with E-state index in [0.717, 1.165) is 24.3 Å². The van der Waals surface area contributed by atoms with Gasteiger partial charge in [0.2, 0.25) is 0 Å². The summed E-state index contributed by atoms with van der Waals surface area (Å²) in [5.41, 5.74) is 0.855. The largest absolute Gasteiger partial charge is 0.494 e. The average Bonchev–Trinajstić information content (AvgIpc) is 2.38. The average molecular weight is 251 g/mol. The number of hydrogen-bond donors (Lipinski definition) is 1. The summed E-state index contributed by atoms with van der Waals surface area (Å²) in [5, 5.41) is 3.02. The molecule has 0 saturated carbocycles. The predicted molar refractivity (Wildman–Crippen MR) is 72.0 cm³/mol. The Morgan fingerprint density at radius 1 is 1.33 bits per heavy atom. The van der Waals surface area contributed by atoms with Crippen molar-refractivity contribution in [3.05, 3.63) is 24.3 Å². The molecular weight excluding hydrogens is 230 g/mol. The molecule has 1 aromatic rings. The third kappa shape index (κ3) is 5.57. The molecule has 0 aliphatic rings. The monoisotopic (exact) mass is 251 g/mol. The zero-order valence-electron chi connectivity index (χ0n) is 11.1. The molecule has 0 amide bonds. The van der Waals surface area contributed by atoms with Gasteiger partial charge in [-0.2, -0.15) is 0 Å². The minimum Gasteiger partial charge on any atom is -0.494 e. The smallest absolute Gasteiger partial charge is 0.325 e. The molecule has 1 rings (SSSR count). The van der Waals surface area contributed by atoms with Crippen LogP contribution in [0.2, 0.25) is 0 Å². The lowest BCUT2D eigenvalue weighted by molar-refractivity contribution is -0.141. The maximum atomic E-state index is 11.4. The van der Waals surface area contributed by atoms with Gasteiger partial charge in [0.15, 0.2) is 0 Å². The normalized spacial score (nSPS) is 9.89. The van der Waals surface area contributed by atoms with E-state index in [0.29, 0.717) is 13.2 Å². The van der Waals surface area contributed by atoms with E-state index in [-0.39, 0.29) is 12.5 Å². The fourth-order valence-corrected chi connectivity index (χ4v) is 1.42. The van der Waals surface area contributed by atoms with Crippen LogP contribution in [0, 0.1) is 0 Å². The van der Waals surface area contributed by atoms with E-state index in [1.165, 1.54) is 0 Å². The van der Waals surface area contributed by atoms with E-state index in [1.807, 2.05) is 31.2 Å². The maximum Gasteiger partial charge on any atom is 0.325 e. The molecule has 4 nitrogen and oxygen atoms in total. The Labute approximate surface area is 108 Å². The van der Waals surface area contributed by atoms with E-state index in [9.17, 15) is 4.79 Å². The highest BCUT2D eigenvalue weighted by Crippen LogP contribution is 2.16. The van der Waals surface area contributed by atoms with E-state index < -0.39 is 0 Å². The van der Waals surface area contributed by atoms with E-state index >= 15 is 0 Å². The molecule has 1 aromatic carbocycles. The first-order valence-electron chi connectivity index (χ1n) is 6.38. The molecule has 0 fully saturated rings. The minimum atomic E-state index is -0.231. The van der Waals surface area contributed by atoms with E-state index in [2.05, 4.69) is 12.2 Å². The molecule has 0 spiro atoms. The van der Waals surface area contributed by atoms with Crippen molar-refractivity contribution in [2.45, 2.75) is 26.7 Å². The summed E-state index contributed by atoms with van der Waals surface area (Å²) in [4.78, 5) is 11.4. The van der Waals surface area contributed by atoms with Crippen molar-refractivity contribution in [3.8, 4) is 5.75 Å². The number of ether oxygens (including phenoxy) is 2. The van der Waals surface area contributed by atoms with Gasteiger partial charge in [0.05, 0.1) is 13.2 Å². The summed E-state index contributed by atoms with van der Waals surface area (Å²) in [7, 11) is 0. The second kappa shape index (κ2) is 8.39. The second-order valence-corrected chi connectivity index (χ2v) is 3.89. The Morgan fingerprint density at radius 2 is 2.17 bits per heavy atom. The molecule has 0 aromatic heterocycles. The van der Waals surface area contributed by atoms with Gasteiger partial charge in [-0.05, 0) is 25.5 Å². The number of carbonyl (C=O) groups is 1. The highest BCUT2D eigenvalue weighted by atomic mass is 16.5. The zero-order chi connectivity index (χ0) is 13.2. The fraction of sp³-hybridized carbons (Fsp3) is 0.500. The standard InChI is InChI=1S/C14H21NO3/c1-3-5-9-18-14(16)11-15-12-7-6-8-13(10-12)17-4-2/h6-8,10,15H,3-5,9,11H2,1-2H3. The molecule has 0 atom stereocenters. The third-order valence-electron chi connectivity index (χ3n) is 2.34. The van der Waals surface area contributed by atoms with Crippen LogP contribution in [-0.2, 0) is 9.53 Å². The Hall–Kier alpha value is -1.71. The molecule has 18 heavy (non-hydrogen) atoms. The third-order valence-corrected chi connectivity index (χ3v) is 2.34. The van der Waals surface area contributed by atoms with Crippen molar-refractivity contribution in [1.82, 2.24) is 0 Å². The number of benzene rings is 1. The molecule has 0 aliphatic heterocycles. The van der Waals surface area contributed by atoms with Crippen LogP contribution in [0.5, 0.6) is 5.75 Å². The number of anilines is 1. The molecule has 0 heterocycles. The first-order valence-corrected chi connectivity index (χ1v) is 6.38. The number of rotatable bonds is 8. The van der Waals surface area contributed by atoms with Gasteiger partial charge in [-0.25, -0.2) is 0 Å². The van der Waals surface area contributed by atoms with Gasteiger partial charge in [-0.1, -0.05) is 19.4 Å². The molecule has 1 N–H and O–H groups in total. The van der Waals surface area contributed by atoms with Crippen molar-refractivity contribution in [2.24, 2.45) is 0 Å². The Kier molecular flexibility index (Phi) is 6.69. The van der Waals surface area contributed by atoms with Crippen LogP contribution >= 0.6 is 0 Å². The van der Waals surface area contributed by atoms with Gasteiger partial charge < -0.3 is 14.8 Å². The van der Waals surface area contributed by atoms with Crippen molar-refractivity contribution >= 4 is 11.7 Å². The van der Waals surface area contributed by atoms with E-state index in [1.54, 1.807) is 0 Å². The number of hydrogen-bond acceptors (Lipinski definition) is 4. The summed E-state index contributed by atoms with van der Waals surface area (Å²) in [6, 6.07) is 7.52. The lowest BCUT2D eigenvalue weighted by atomic mass is 10.3. The van der Waals surface area contributed by atoms with Gasteiger partial charge in [-0.3, -0.25) is 4.79 Å². The molecule has 100 valence electrons. The number of unbranched alkanes of at least 4 members (excludes halogenated alkanes) is 1. The number of nitrogens with one attached hydrogen (secondary N) is 1. The van der Waals surface area contributed by atoms with Gasteiger partial charge in [0.25, 0.3) is 0 Å². The summed E-state index contributed by atoms with van der Waals surface area (Å²) >= 11 is 0. The quantitative estimate of drug-likeness (QED) is 0.570. The van der Waals surface area contributed by atoms with Crippen LogP contribution in [0.4, 0.5) is 5.69 Å². The van der Waals surface area contributed by atoms with Crippen molar-refractivity contribution < 1.29 is 14.3 Å². The summed E-state index contributed by atoms with van der Waals surface area (Å²) in [5.74, 6) is 0.562. The Bertz CT molecular complexity index is 366. The van der Waals surface area contributed by atoms with Gasteiger partial charge in [0.1, 0.15) is 12.3 Å². The second-order valence-electron chi connectivity index (χ2n) is 3.89. The molecule has 0 saturated heterocycles. The van der Waals surface area contributed by atoms with Crippen LogP contribution in [0.15, 0.2) is 24.3 Å². The van der Waals surface area contributed by atoms with E-state index in [4.69, 9.17) is 9.47 Å². The number of esters is 1. The first-order chi connectivity index (χ1) is 8.76. The summed E-state index contributed by atoms with van der Waals surface area (Å²) in [6.07, 6.45) is 1.93. The van der Waals surface area contributed by atoms with Crippen LogP contribution in [0.3, 0.4) is 0 Å². The number of carbonyl (C=O) groups excluding carboxylic acids is 1. The molecule has 0 aliphatic carbocycles. The highest BCUT2D eigenvalue weighted by Gasteiger charge is 2.02. The van der Waals surface area contributed by atoms with Crippen molar-refractivity contribution in [1.29, 1.82) is 0 Å². The van der Waals surface area contributed by atoms with Crippen LogP contribution < -0.4 is 10.1 Å². The maximum absolute atomic E-state index is 11.4. The summed E-state index contributed by atoms with van der Waals surface area (Å²) < 4.78 is 10.4. The Balaban J connectivity index is 2.33. The zero-order valence-corrected chi connectivity index (χ0v) is 11.1. The van der Waals surface area contributed by atoms with Gasteiger partial charge in [-0.15, -0.1) is 0 Å². The Morgan fingerprint density at radius 3 is 2.89 bits per heavy atom. The lowest BCUT2D eigenvalue weighted by Crippen LogP contribution is -2.17. The van der Waals surface area contributed by atoms with Crippen LogP contribution in [0.25, 0.3) is 0 Å². The molecule has 0 bridgehead atoms. The van der Waals surface area contributed by atoms with Crippen molar-refractivity contribution in [2.75, 3.05) is 25.1 Å². The van der Waals surface area contributed by atoms with Crippen LogP contribution in [0.1, 0.15) is 26.7 Å². The first kappa shape index (κ1) is 14.4. The van der Waals surface area contributed by atoms with Gasteiger partial charge in [0, 0.05) is 11.8 Å². The molecule has 0 unspecified atom stereocenters. The van der Waals surface area contributed by atoms with Gasteiger partial charge >= 0.3 is 5.97 Å². The topological polar surface area (TPSA) is 47.6 Å². The predicted octanol–water partition coefficient (Wildman–Crippen LogP) is 2.84. The molecule has 0 radical (unpaired) electrons. The fourth-order valence-electron chi connectivity index (χ4n) is 1.42. The summed E-state index contributed by atoms with van der Waals surface area (Å²) in [6.45, 7) is 5.30.